The van der Waals surface area contributed by atoms with Crippen LogP contribution >= 0.6 is 15.9 Å². The van der Waals surface area contributed by atoms with E-state index in [1.807, 2.05) is 30.7 Å². The fraction of sp³-hybridized carbons (Fsp3) is 0. The molecule has 0 aliphatic heterocycles. The number of aromatic nitrogens is 3. The summed E-state index contributed by atoms with van der Waals surface area (Å²) in [5, 5.41) is 3.46. The Morgan fingerprint density at radius 2 is 1.85 bits per heavy atom. The van der Waals surface area contributed by atoms with Gasteiger partial charge in [-0.2, -0.15) is 0 Å². The molecule has 3 heterocycles. The summed E-state index contributed by atoms with van der Waals surface area (Å²) in [5.41, 5.74) is 1.07. The van der Waals surface area contributed by atoms with Gasteiger partial charge < -0.3 is 0 Å². The van der Waals surface area contributed by atoms with Gasteiger partial charge in [0.15, 0.2) is 0 Å². The van der Waals surface area contributed by atoms with E-state index in [0.717, 1.165) is 26.6 Å². The zero-order chi connectivity index (χ0) is 13.5. The summed E-state index contributed by atoms with van der Waals surface area (Å²) in [6, 6.07) is 12.4. The Hall–Kier alpha value is -2.20. The molecule has 0 amide bonds. The Bertz CT molecular complexity index is 927. The van der Waals surface area contributed by atoms with Crippen LogP contribution in [-0.2, 0) is 0 Å². The third kappa shape index (κ3) is 1.80. The van der Waals surface area contributed by atoms with Crippen molar-refractivity contribution in [2.45, 2.75) is 0 Å². The molecule has 0 bridgehead atoms. The third-order valence-corrected chi connectivity index (χ3v) is 3.90. The highest BCUT2D eigenvalue weighted by molar-refractivity contribution is 9.10. The van der Waals surface area contributed by atoms with E-state index in [0.29, 0.717) is 0 Å². The summed E-state index contributed by atoms with van der Waals surface area (Å²) in [6.45, 7) is 0. The second-order valence-electron chi connectivity index (χ2n) is 4.65. The average molecular weight is 324 g/mol. The lowest BCUT2D eigenvalue weighted by Crippen LogP contribution is -1.95. The van der Waals surface area contributed by atoms with Crippen molar-refractivity contribution in [2.75, 3.05) is 0 Å². The number of pyridine rings is 2. The predicted molar refractivity (Wildman–Crippen MR) is 84.1 cm³/mol. The first-order valence-corrected chi connectivity index (χ1v) is 7.07. The summed E-state index contributed by atoms with van der Waals surface area (Å²) in [7, 11) is 0. The average Bonchev–Trinajstić information content (AvgIpc) is 2.91. The molecule has 0 fully saturated rings. The minimum Gasteiger partial charge on any atom is -0.300 e. The Kier molecular flexibility index (Phi) is 2.57. The van der Waals surface area contributed by atoms with E-state index in [2.05, 4.69) is 54.7 Å². The molecular weight excluding hydrogens is 314 g/mol. The van der Waals surface area contributed by atoms with Crippen LogP contribution in [0.5, 0.6) is 0 Å². The van der Waals surface area contributed by atoms with Crippen LogP contribution in [0.25, 0.3) is 27.5 Å². The molecule has 96 valence electrons. The third-order valence-electron chi connectivity index (χ3n) is 3.41. The van der Waals surface area contributed by atoms with Crippen molar-refractivity contribution in [3.63, 3.8) is 0 Å². The molecule has 0 aliphatic carbocycles. The van der Waals surface area contributed by atoms with Gasteiger partial charge in [0.05, 0.1) is 11.7 Å². The van der Waals surface area contributed by atoms with Gasteiger partial charge in [-0.15, -0.1) is 0 Å². The first-order valence-electron chi connectivity index (χ1n) is 6.28. The van der Waals surface area contributed by atoms with Gasteiger partial charge in [-0.25, -0.2) is 4.98 Å². The van der Waals surface area contributed by atoms with Crippen LogP contribution in [0.3, 0.4) is 0 Å². The Morgan fingerprint density at radius 3 is 2.80 bits per heavy atom. The molecule has 0 atom stereocenters. The van der Waals surface area contributed by atoms with Crippen molar-refractivity contribution in [1.29, 1.82) is 0 Å². The Balaban J connectivity index is 1.96. The van der Waals surface area contributed by atoms with E-state index in [-0.39, 0.29) is 0 Å². The number of hydrogen-bond acceptors (Lipinski definition) is 2. The number of nitrogens with zero attached hydrogens (tertiary/aromatic N) is 3. The minimum atomic E-state index is 0.905. The molecular formula is C16H10BrN3. The maximum absolute atomic E-state index is 4.55. The molecule has 4 aromatic rings. The lowest BCUT2D eigenvalue weighted by molar-refractivity contribution is 1.05. The molecule has 0 saturated carbocycles. The molecule has 0 radical (unpaired) electrons. The van der Waals surface area contributed by atoms with Gasteiger partial charge >= 0.3 is 0 Å². The van der Waals surface area contributed by atoms with Crippen molar-refractivity contribution in [3.05, 3.63) is 65.7 Å². The summed E-state index contributed by atoms with van der Waals surface area (Å²) in [4.78, 5) is 8.75. The normalized spacial score (nSPS) is 11.2. The highest BCUT2D eigenvalue weighted by Gasteiger charge is 2.05. The molecule has 20 heavy (non-hydrogen) atoms. The smallest absolute Gasteiger partial charge is 0.137 e. The largest absolute Gasteiger partial charge is 0.300 e. The van der Waals surface area contributed by atoms with Crippen LogP contribution in [0.2, 0.25) is 0 Å². The topological polar surface area (TPSA) is 30.7 Å². The molecule has 0 N–H and O–H groups in total. The lowest BCUT2D eigenvalue weighted by atomic mass is 10.2. The van der Waals surface area contributed by atoms with Crippen molar-refractivity contribution in [1.82, 2.24) is 14.5 Å². The van der Waals surface area contributed by atoms with Crippen LogP contribution in [0.15, 0.2) is 65.7 Å². The van der Waals surface area contributed by atoms with Crippen molar-refractivity contribution >= 4 is 37.6 Å². The van der Waals surface area contributed by atoms with Gasteiger partial charge in [-0.1, -0.05) is 22.0 Å². The quantitative estimate of drug-likeness (QED) is 0.521. The van der Waals surface area contributed by atoms with Gasteiger partial charge in [0.1, 0.15) is 5.82 Å². The van der Waals surface area contributed by atoms with Gasteiger partial charge in [0, 0.05) is 33.8 Å². The van der Waals surface area contributed by atoms with Crippen LogP contribution < -0.4 is 0 Å². The van der Waals surface area contributed by atoms with Crippen molar-refractivity contribution in [3.8, 4) is 5.82 Å². The first kappa shape index (κ1) is 11.6. The van der Waals surface area contributed by atoms with Crippen LogP contribution in [0.4, 0.5) is 0 Å². The second-order valence-corrected chi connectivity index (χ2v) is 5.57. The van der Waals surface area contributed by atoms with Crippen molar-refractivity contribution < 1.29 is 0 Å². The maximum atomic E-state index is 4.55. The van der Waals surface area contributed by atoms with Crippen LogP contribution in [0.1, 0.15) is 0 Å². The molecule has 0 aliphatic rings. The number of rotatable bonds is 1. The second kappa shape index (κ2) is 4.42. The van der Waals surface area contributed by atoms with E-state index in [1.165, 1.54) is 5.39 Å². The van der Waals surface area contributed by atoms with Gasteiger partial charge in [-0.3, -0.25) is 9.55 Å². The summed E-state index contributed by atoms with van der Waals surface area (Å²) in [5.74, 6) is 0.905. The molecule has 3 nitrogen and oxygen atoms in total. The van der Waals surface area contributed by atoms with E-state index in [4.69, 9.17) is 0 Å². The Morgan fingerprint density at radius 1 is 0.900 bits per heavy atom. The van der Waals surface area contributed by atoms with E-state index in [1.54, 1.807) is 6.20 Å². The number of fused-ring (bicyclic) bond motifs is 2. The van der Waals surface area contributed by atoms with Gasteiger partial charge in [-0.05, 0) is 35.7 Å². The molecule has 4 rings (SSSR count). The molecule has 1 aromatic carbocycles. The van der Waals surface area contributed by atoms with E-state index < -0.39 is 0 Å². The lowest BCUT2D eigenvalue weighted by Gasteiger charge is -2.06. The van der Waals surface area contributed by atoms with Crippen LogP contribution in [0, 0.1) is 0 Å². The number of benzene rings is 1. The Labute approximate surface area is 124 Å². The SMILES string of the molecule is Brc1ccc2cc(-n3ccc4ccncc43)ncc2c1. The molecule has 0 spiro atoms. The fourth-order valence-corrected chi connectivity index (χ4v) is 2.79. The highest BCUT2D eigenvalue weighted by Crippen LogP contribution is 2.23. The van der Waals surface area contributed by atoms with Gasteiger partial charge in [0.25, 0.3) is 0 Å². The van der Waals surface area contributed by atoms with E-state index >= 15 is 0 Å². The molecule has 4 heteroatoms. The first-order chi connectivity index (χ1) is 9.81. The van der Waals surface area contributed by atoms with E-state index in [9.17, 15) is 0 Å². The van der Waals surface area contributed by atoms with Crippen molar-refractivity contribution in [2.24, 2.45) is 0 Å². The predicted octanol–water partition coefficient (Wildman–Crippen LogP) is 4.34. The number of halogens is 1. The summed E-state index contributed by atoms with van der Waals surface area (Å²) >= 11 is 3.48. The maximum Gasteiger partial charge on any atom is 0.137 e. The van der Waals surface area contributed by atoms with Crippen LogP contribution in [-0.4, -0.2) is 14.5 Å². The zero-order valence-electron chi connectivity index (χ0n) is 10.5. The highest BCUT2D eigenvalue weighted by atomic mass is 79.9. The standard InChI is InChI=1S/C16H10BrN3/c17-14-2-1-12-8-16(19-9-13(12)7-14)20-6-4-11-3-5-18-10-15(11)20/h1-10H. The zero-order valence-corrected chi connectivity index (χ0v) is 12.1. The monoisotopic (exact) mass is 323 g/mol. The number of hydrogen-bond donors (Lipinski definition) is 0. The molecule has 0 saturated heterocycles. The fourth-order valence-electron chi connectivity index (χ4n) is 2.41. The summed E-state index contributed by atoms with van der Waals surface area (Å²) < 4.78 is 3.12. The molecule has 0 unspecified atom stereocenters. The van der Waals surface area contributed by atoms with Gasteiger partial charge in [0.2, 0.25) is 0 Å². The summed E-state index contributed by atoms with van der Waals surface area (Å²) in [6.07, 6.45) is 7.60. The molecule has 3 aromatic heterocycles. The minimum absolute atomic E-state index is 0.905.